The van der Waals surface area contributed by atoms with E-state index in [1.54, 1.807) is 13.4 Å². The predicted octanol–water partition coefficient (Wildman–Crippen LogP) is 2.58. The summed E-state index contributed by atoms with van der Waals surface area (Å²) in [6, 6.07) is 0. The maximum atomic E-state index is 4.75. The number of hydrogen-bond donors (Lipinski definition) is 0. The van der Waals surface area contributed by atoms with Crippen LogP contribution in [0.2, 0.25) is 4.47 Å². The number of rotatable bonds is 6. The van der Waals surface area contributed by atoms with Crippen LogP contribution in [0, 0.1) is 0 Å². The second-order valence-electron chi connectivity index (χ2n) is 2.12. The molecule has 0 fully saturated rings. The van der Waals surface area contributed by atoms with E-state index < -0.39 is 0 Å². The molecule has 0 aliphatic carbocycles. The zero-order valence-electron chi connectivity index (χ0n) is 7.25. The molecule has 0 aliphatic rings. The average Bonchev–Trinajstić information content (AvgIpc) is 2.03. The van der Waals surface area contributed by atoms with Crippen LogP contribution in [-0.4, -0.2) is 28.0 Å². The molecule has 0 rings (SSSR count). The van der Waals surface area contributed by atoms with Gasteiger partial charge in [0, 0.05) is 0 Å². The molecule has 64 valence electrons. The van der Waals surface area contributed by atoms with Crippen LogP contribution >= 0.6 is 0 Å². The summed E-state index contributed by atoms with van der Waals surface area (Å²) in [5.41, 5.74) is 0. The van der Waals surface area contributed by atoms with Crippen molar-refractivity contribution >= 4 is 20.9 Å². The summed E-state index contributed by atoms with van der Waals surface area (Å²) in [5, 5.41) is 0. The van der Waals surface area contributed by atoms with E-state index in [0.29, 0.717) is 0 Å². The molecule has 0 amide bonds. The Morgan fingerprint density at radius 3 is 2.82 bits per heavy atom. The summed E-state index contributed by atoms with van der Waals surface area (Å²) in [4.78, 5) is 0. The fraction of sp³-hybridized carbons (Fsp3) is 0.556. The monoisotopic (exact) mass is 270 g/mol. The normalized spacial score (nSPS) is 11.5. The molecular formula is C9H16OTe. The van der Waals surface area contributed by atoms with Gasteiger partial charge in [0.15, 0.2) is 0 Å². The van der Waals surface area contributed by atoms with Gasteiger partial charge < -0.3 is 0 Å². The summed E-state index contributed by atoms with van der Waals surface area (Å²) in [7, 11) is 1.66. The van der Waals surface area contributed by atoms with E-state index in [-0.39, 0.29) is 20.9 Å². The number of methoxy groups -OCH3 is 1. The third kappa shape index (κ3) is 10.1. The van der Waals surface area contributed by atoms with E-state index in [2.05, 4.69) is 17.1 Å². The molecule has 0 spiro atoms. The molecule has 1 nitrogen and oxygen atoms in total. The fourth-order valence-corrected chi connectivity index (χ4v) is 2.78. The first-order chi connectivity index (χ1) is 5.41. The maximum absolute atomic E-state index is 4.75. The van der Waals surface area contributed by atoms with Gasteiger partial charge in [-0.2, -0.15) is 0 Å². The Labute approximate surface area is 79.6 Å². The fourth-order valence-electron chi connectivity index (χ4n) is 0.521. The summed E-state index contributed by atoms with van der Waals surface area (Å²) < 4.78 is 8.48. The Bertz CT molecular complexity index is 119. The molecule has 0 aromatic carbocycles. The van der Waals surface area contributed by atoms with Gasteiger partial charge in [-0.15, -0.1) is 0 Å². The second-order valence-corrected chi connectivity index (χ2v) is 5.01. The molecular weight excluding hydrogens is 252 g/mol. The van der Waals surface area contributed by atoms with Gasteiger partial charge in [0.25, 0.3) is 0 Å². The Morgan fingerprint density at radius 2 is 2.18 bits per heavy atom. The second kappa shape index (κ2) is 10.1. The van der Waals surface area contributed by atoms with Crippen LogP contribution in [0.15, 0.2) is 22.5 Å². The summed E-state index contributed by atoms with van der Waals surface area (Å²) in [6.07, 6.45) is 8.44. The third-order valence-electron chi connectivity index (χ3n) is 1.12. The molecule has 0 atom stereocenters. The van der Waals surface area contributed by atoms with Gasteiger partial charge in [0.05, 0.1) is 0 Å². The van der Waals surface area contributed by atoms with Crippen molar-refractivity contribution in [2.45, 2.75) is 24.2 Å². The summed E-state index contributed by atoms with van der Waals surface area (Å²) in [6.45, 7) is 2.24. The van der Waals surface area contributed by atoms with E-state index in [4.69, 9.17) is 4.74 Å². The van der Waals surface area contributed by atoms with Crippen LogP contribution in [0.3, 0.4) is 0 Å². The first-order valence-corrected chi connectivity index (χ1v) is 6.87. The Morgan fingerprint density at radius 1 is 1.36 bits per heavy atom. The molecule has 0 aliphatic heterocycles. The molecule has 0 aromatic rings. The molecule has 0 unspecified atom stereocenters. The molecule has 2 heteroatoms. The predicted molar refractivity (Wildman–Crippen MR) is 50.8 cm³/mol. The van der Waals surface area contributed by atoms with Gasteiger partial charge >= 0.3 is 79.5 Å². The van der Waals surface area contributed by atoms with E-state index in [1.165, 1.54) is 17.3 Å². The van der Waals surface area contributed by atoms with Gasteiger partial charge in [0.1, 0.15) is 0 Å². The van der Waals surface area contributed by atoms with Crippen molar-refractivity contribution in [2.24, 2.45) is 0 Å². The number of unbranched alkanes of at least 4 members (excludes halogenated alkanes) is 1. The van der Waals surface area contributed by atoms with E-state index in [1.807, 2.05) is 6.08 Å². The molecule has 0 radical (unpaired) electrons. The third-order valence-corrected chi connectivity index (χ3v) is 3.61. The van der Waals surface area contributed by atoms with Gasteiger partial charge in [-0.3, -0.25) is 0 Å². The number of allylic oxidation sites excluding steroid dienone is 2. The summed E-state index contributed by atoms with van der Waals surface area (Å²) >= 11 is 0.155. The molecule has 0 N–H and O–H groups in total. The Kier molecular flexibility index (Phi) is 10.1. The van der Waals surface area contributed by atoms with Crippen LogP contribution < -0.4 is 0 Å². The molecule has 11 heavy (non-hydrogen) atoms. The van der Waals surface area contributed by atoms with Gasteiger partial charge in [-0.05, 0) is 0 Å². The van der Waals surface area contributed by atoms with E-state index in [9.17, 15) is 0 Å². The van der Waals surface area contributed by atoms with Gasteiger partial charge in [-0.25, -0.2) is 0 Å². The van der Waals surface area contributed by atoms with Crippen molar-refractivity contribution in [1.29, 1.82) is 0 Å². The SMILES string of the molecule is CCCC[Te]/C=C\C=C/OC. The van der Waals surface area contributed by atoms with Crippen LogP contribution in [0.1, 0.15) is 19.8 Å². The van der Waals surface area contributed by atoms with E-state index >= 15 is 0 Å². The minimum absolute atomic E-state index is 0.155. The first-order valence-electron chi connectivity index (χ1n) is 3.88. The zero-order valence-corrected chi connectivity index (χ0v) is 9.58. The van der Waals surface area contributed by atoms with Crippen molar-refractivity contribution in [2.75, 3.05) is 7.11 Å². The van der Waals surface area contributed by atoms with E-state index in [0.717, 1.165) is 0 Å². The van der Waals surface area contributed by atoms with Crippen molar-refractivity contribution in [3.05, 3.63) is 22.5 Å². The molecule has 0 saturated heterocycles. The molecule has 0 bridgehead atoms. The van der Waals surface area contributed by atoms with Gasteiger partial charge in [0.2, 0.25) is 0 Å². The van der Waals surface area contributed by atoms with Crippen LogP contribution in [0.25, 0.3) is 0 Å². The summed E-state index contributed by atoms with van der Waals surface area (Å²) in [5.74, 6) is 0. The standard InChI is InChI=1S/C9H16OTe/c1-3-4-8-11-9-6-5-7-10-2/h5-7,9H,3-4,8H2,1-2H3/b7-5-,9-6-. The van der Waals surface area contributed by atoms with Crippen LogP contribution in [0.4, 0.5) is 0 Å². The van der Waals surface area contributed by atoms with Crippen molar-refractivity contribution in [3.8, 4) is 0 Å². The average molecular weight is 268 g/mol. The van der Waals surface area contributed by atoms with Crippen LogP contribution in [-0.2, 0) is 4.74 Å². The van der Waals surface area contributed by atoms with Crippen LogP contribution in [0.5, 0.6) is 0 Å². The Hall–Kier alpha value is 0.0696. The van der Waals surface area contributed by atoms with Crippen molar-refractivity contribution in [3.63, 3.8) is 0 Å². The molecule has 0 saturated carbocycles. The number of hydrogen-bond acceptors (Lipinski definition) is 1. The molecule has 0 heterocycles. The quantitative estimate of drug-likeness (QED) is 0.311. The first kappa shape index (κ1) is 11.1. The topological polar surface area (TPSA) is 9.23 Å². The van der Waals surface area contributed by atoms with Crippen molar-refractivity contribution < 1.29 is 4.74 Å². The number of ether oxygens (including phenoxy) is 1. The minimum atomic E-state index is 0.155. The Balaban J connectivity index is 3.09. The van der Waals surface area contributed by atoms with Crippen molar-refractivity contribution in [1.82, 2.24) is 0 Å². The van der Waals surface area contributed by atoms with Gasteiger partial charge in [-0.1, -0.05) is 0 Å². The molecule has 0 aromatic heterocycles. The zero-order chi connectivity index (χ0) is 8.36.